The topological polar surface area (TPSA) is 71.2 Å². The Morgan fingerprint density at radius 1 is 1.36 bits per heavy atom. The zero-order valence-corrected chi connectivity index (χ0v) is 13.1. The first-order chi connectivity index (χ1) is 10.5. The first-order valence-corrected chi connectivity index (χ1v) is 7.63. The van der Waals surface area contributed by atoms with Crippen molar-refractivity contribution in [3.8, 4) is 5.69 Å². The standard InChI is InChI=1S/C14H14Cl2N4O2/c15-11-4-3-10(6-12(11)16)20-8-9(17-18-20)7-19-5-1-2-13(19)14(21)22/h3-4,6,8,13H,1-2,5,7H2,(H,21,22)/t13-/m0/s1. The molecule has 8 heteroatoms. The molecule has 1 aliphatic rings. The van der Waals surface area contributed by atoms with E-state index < -0.39 is 12.0 Å². The van der Waals surface area contributed by atoms with Gasteiger partial charge in [-0.15, -0.1) is 5.10 Å². The van der Waals surface area contributed by atoms with Gasteiger partial charge in [-0.25, -0.2) is 4.68 Å². The summed E-state index contributed by atoms with van der Waals surface area (Å²) in [6.07, 6.45) is 3.34. The fourth-order valence-corrected chi connectivity index (χ4v) is 2.92. The number of benzene rings is 1. The van der Waals surface area contributed by atoms with Crippen LogP contribution in [-0.2, 0) is 11.3 Å². The van der Waals surface area contributed by atoms with Gasteiger partial charge in [0.25, 0.3) is 0 Å². The largest absolute Gasteiger partial charge is 0.480 e. The SMILES string of the molecule is O=C(O)[C@@H]1CCCN1Cc1cn(-c2ccc(Cl)c(Cl)c2)nn1. The third kappa shape index (κ3) is 3.09. The highest BCUT2D eigenvalue weighted by molar-refractivity contribution is 6.42. The molecule has 22 heavy (non-hydrogen) atoms. The molecule has 0 saturated carbocycles. The van der Waals surface area contributed by atoms with Crippen LogP contribution in [0.1, 0.15) is 18.5 Å². The van der Waals surface area contributed by atoms with Crippen LogP contribution >= 0.6 is 23.2 Å². The molecule has 0 unspecified atom stereocenters. The molecule has 2 aromatic rings. The van der Waals surface area contributed by atoms with E-state index in [1.165, 1.54) is 0 Å². The predicted octanol–water partition coefficient (Wildman–Crippen LogP) is 2.62. The van der Waals surface area contributed by atoms with E-state index in [0.717, 1.165) is 24.3 Å². The first-order valence-electron chi connectivity index (χ1n) is 6.88. The average Bonchev–Trinajstić information content (AvgIpc) is 3.11. The molecular formula is C14H14Cl2N4O2. The zero-order chi connectivity index (χ0) is 15.7. The lowest BCUT2D eigenvalue weighted by Crippen LogP contribution is -2.35. The molecule has 0 aliphatic carbocycles. The highest BCUT2D eigenvalue weighted by Crippen LogP contribution is 2.24. The van der Waals surface area contributed by atoms with Crippen molar-refractivity contribution >= 4 is 29.2 Å². The minimum Gasteiger partial charge on any atom is -0.480 e. The maximum atomic E-state index is 11.2. The Hall–Kier alpha value is -1.63. The lowest BCUT2D eigenvalue weighted by molar-refractivity contribution is -0.142. The molecule has 1 aromatic heterocycles. The molecule has 0 spiro atoms. The van der Waals surface area contributed by atoms with Gasteiger partial charge in [0.15, 0.2) is 0 Å². The summed E-state index contributed by atoms with van der Waals surface area (Å²) in [5.41, 5.74) is 1.48. The average molecular weight is 341 g/mol. The Balaban J connectivity index is 1.76. The number of carboxylic acids is 1. The summed E-state index contributed by atoms with van der Waals surface area (Å²) < 4.78 is 1.60. The summed E-state index contributed by atoms with van der Waals surface area (Å²) in [6, 6.07) is 4.76. The Labute approximate surface area is 137 Å². The minimum atomic E-state index is -0.783. The second-order valence-electron chi connectivity index (χ2n) is 5.22. The van der Waals surface area contributed by atoms with Gasteiger partial charge in [-0.3, -0.25) is 9.69 Å². The summed E-state index contributed by atoms with van der Waals surface area (Å²) in [7, 11) is 0. The highest BCUT2D eigenvalue weighted by Gasteiger charge is 2.30. The van der Waals surface area contributed by atoms with Crippen LogP contribution in [0.3, 0.4) is 0 Å². The number of likely N-dealkylation sites (tertiary alicyclic amines) is 1. The predicted molar refractivity (Wildman–Crippen MR) is 82.4 cm³/mol. The van der Waals surface area contributed by atoms with E-state index in [1.807, 2.05) is 4.90 Å². The number of aliphatic carboxylic acids is 1. The summed E-state index contributed by atoms with van der Waals surface area (Å²) >= 11 is 11.9. The second-order valence-corrected chi connectivity index (χ2v) is 6.03. The van der Waals surface area contributed by atoms with Crippen LogP contribution in [-0.4, -0.2) is 43.6 Å². The molecular weight excluding hydrogens is 327 g/mol. The van der Waals surface area contributed by atoms with E-state index in [9.17, 15) is 9.90 Å². The quantitative estimate of drug-likeness (QED) is 0.926. The van der Waals surface area contributed by atoms with Gasteiger partial charge in [0.2, 0.25) is 0 Å². The van der Waals surface area contributed by atoms with Gasteiger partial charge in [0.1, 0.15) is 6.04 Å². The molecule has 3 rings (SSSR count). The van der Waals surface area contributed by atoms with Crippen molar-refractivity contribution in [1.29, 1.82) is 0 Å². The molecule has 2 heterocycles. The van der Waals surface area contributed by atoms with Crippen molar-refractivity contribution in [1.82, 2.24) is 19.9 Å². The lowest BCUT2D eigenvalue weighted by atomic mass is 10.2. The summed E-state index contributed by atoms with van der Waals surface area (Å²) in [4.78, 5) is 13.1. The summed E-state index contributed by atoms with van der Waals surface area (Å²) in [5.74, 6) is -0.783. The third-order valence-corrected chi connectivity index (χ3v) is 4.46. The molecule has 1 aromatic carbocycles. The fourth-order valence-electron chi connectivity index (χ4n) is 2.63. The molecule has 116 valence electrons. The van der Waals surface area contributed by atoms with Crippen molar-refractivity contribution in [2.45, 2.75) is 25.4 Å². The van der Waals surface area contributed by atoms with Crippen LogP contribution in [0, 0.1) is 0 Å². The molecule has 1 aliphatic heterocycles. The minimum absolute atomic E-state index is 0.435. The molecule has 1 atom stereocenters. The van der Waals surface area contributed by atoms with E-state index in [1.54, 1.807) is 29.1 Å². The molecule has 0 amide bonds. The first kappa shape index (κ1) is 15.3. The van der Waals surface area contributed by atoms with Gasteiger partial charge in [0, 0.05) is 6.54 Å². The number of carbonyl (C=O) groups is 1. The Bertz CT molecular complexity index is 704. The van der Waals surface area contributed by atoms with Crippen LogP contribution in [0.5, 0.6) is 0 Å². The van der Waals surface area contributed by atoms with Gasteiger partial charge >= 0.3 is 5.97 Å². The van der Waals surface area contributed by atoms with Crippen LogP contribution in [0.2, 0.25) is 10.0 Å². The second kappa shape index (κ2) is 6.24. The van der Waals surface area contributed by atoms with Gasteiger partial charge in [-0.2, -0.15) is 0 Å². The molecule has 6 nitrogen and oxygen atoms in total. The molecule has 0 radical (unpaired) electrons. The highest BCUT2D eigenvalue weighted by atomic mass is 35.5. The van der Waals surface area contributed by atoms with Crippen LogP contribution in [0.25, 0.3) is 5.69 Å². The number of hydrogen-bond donors (Lipinski definition) is 1. The number of carboxylic acid groups (broad SMARTS) is 1. The van der Waals surface area contributed by atoms with E-state index >= 15 is 0 Å². The van der Waals surface area contributed by atoms with Crippen molar-refractivity contribution in [3.05, 3.63) is 40.1 Å². The third-order valence-electron chi connectivity index (χ3n) is 3.72. The number of hydrogen-bond acceptors (Lipinski definition) is 4. The summed E-state index contributed by atoms with van der Waals surface area (Å²) in [6.45, 7) is 1.23. The van der Waals surface area contributed by atoms with Gasteiger partial charge in [0.05, 0.1) is 27.6 Å². The molecule has 1 saturated heterocycles. The number of aromatic nitrogens is 3. The lowest BCUT2D eigenvalue weighted by Gasteiger charge is -2.19. The molecule has 1 N–H and O–H groups in total. The fraction of sp³-hybridized carbons (Fsp3) is 0.357. The summed E-state index contributed by atoms with van der Waals surface area (Å²) in [5, 5.41) is 18.3. The van der Waals surface area contributed by atoms with Crippen molar-refractivity contribution in [2.75, 3.05) is 6.54 Å². The van der Waals surface area contributed by atoms with E-state index in [2.05, 4.69) is 10.3 Å². The van der Waals surface area contributed by atoms with Gasteiger partial charge in [-0.05, 0) is 37.6 Å². The van der Waals surface area contributed by atoms with Crippen molar-refractivity contribution < 1.29 is 9.90 Å². The number of rotatable bonds is 4. The van der Waals surface area contributed by atoms with Crippen LogP contribution in [0.4, 0.5) is 0 Å². The van der Waals surface area contributed by atoms with Crippen LogP contribution < -0.4 is 0 Å². The van der Waals surface area contributed by atoms with E-state index in [-0.39, 0.29) is 0 Å². The van der Waals surface area contributed by atoms with Crippen LogP contribution in [0.15, 0.2) is 24.4 Å². The maximum Gasteiger partial charge on any atom is 0.320 e. The van der Waals surface area contributed by atoms with E-state index in [4.69, 9.17) is 23.2 Å². The Morgan fingerprint density at radius 2 is 2.18 bits per heavy atom. The zero-order valence-electron chi connectivity index (χ0n) is 11.6. The van der Waals surface area contributed by atoms with E-state index in [0.29, 0.717) is 23.0 Å². The maximum absolute atomic E-state index is 11.2. The number of halogens is 2. The van der Waals surface area contributed by atoms with Gasteiger partial charge < -0.3 is 5.11 Å². The molecule has 0 bridgehead atoms. The normalized spacial score (nSPS) is 18.7. The monoisotopic (exact) mass is 340 g/mol. The van der Waals surface area contributed by atoms with Crippen molar-refractivity contribution in [2.24, 2.45) is 0 Å². The Morgan fingerprint density at radius 3 is 2.91 bits per heavy atom. The Kier molecular flexibility index (Phi) is 4.33. The van der Waals surface area contributed by atoms with Gasteiger partial charge in [-0.1, -0.05) is 28.4 Å². The smallest absolute Gasteiger partial charge is 0.320 e. The number of nitrogens with zero attached hydrogens (tertiary/aromatic N) is 4. The van der Waals surface area contributed by atoms with Crippen molar-refractivity contribution in [3.63, 3.8) is 0 Å². The molecule has 1 fully saturated rings.